The number of methoxy groups -OCH3 is 2. The van der Waals surface area contributed by atoms with Crippen molar-refractivity contribution in [3.63, 3.8) is 0 Å². The third-order valence-electron chi connectivity index (χ3n) is 12.1. The van der Waals surface area contributed by atoms with Gasteiger partial charge in [0.15, 0.2) is 5.72 Å². The van der Waals surface area contributed by atoms with Crippen LogP contribution in [0, 0.1) is 5.92 Å². The van der Waals surface area contributed by atoms with Crippen molar-refractivity contribution in [2.45, 2.75) is 133 Å². The standard InChI is InChI=1S/C44H59ClN4O14S2/c1-24-11-10-12-32(59-9)44(57)23-31(60-42(56)46-44)26(3)40-43(5,62-40)33(22-37(53)48(7)29-20-28(19-24)21-30(58-8)39(29)45)61-41(55)27(4)47(6)34(50)17-18-64-65-25(2)13-16-38(54)63-49-35(51)14-15-36(49)52/h10-12,20-21,25-27,31-33,40,57H,13-19,22-23H2,1-9H3,(H,46,56)/t25?,26?,27?,31?,32?,33?,40?,43-,44-/m0/s1. The summed E-state index contributed by atoms with van der Waals surface area (Å²) in [6, 6.07) is 2.47. The van der Waals surface area contributed by atoms with Crippen LogP contribution >= 0.6 is 33.2 Å². The highest BCUT2D eigenvalue weighted by Gasteiger charge is 2.64. The summed E-state index contributed by atoms with van der Waals surface area (Å²) >= 11 is 6.79. The maximum absolute atomic E-state index is 14.3. The maximum atomic E-state index is 14.3. The lowest BCUT2D eigenvalue weighted by molar-refractivity contribution is -0.197. The molecule has 5 rings (SSSR count). The number of hydrogen-bond acceptors (Lipinski definition) is 16. The first-order valence-corrected chi connectivity index (χ1v) is 24.1. The van der Waals surface area contributed by atoms with Crippen molar-refractivity contribution in [3.8, 4) is 5.75 Å². The fraction of sp³-hybridized carbons (Fsp3) is 0.614. The van der Waals surface area contributed by atoms with Gasteiger partial charge in [-0.3, -0.25) is 24.5 Å². The minimum atomic E-state index is -1.86. The molecule has 358 valence electrons. The molecule has 21 heteroatoms. The number of ether oxygens (including phenoxy) is 5. The van der Waals surface area contributed by atoms with Gasteiger partial charge in [-0.1, -0.05) is 70.8 Å². The van der Waals surface area contributed by atoms with Gasteiger partial charge in [-0.2, -0.15) is 0 Å². The van der Waals surface area contributed by atoms with Crippen LogP contribution in [0.1, 0.15) is 85.1 Å². The molecule has 7 unspecified atom stereocenters. The number of hydrogen-bond donors (Lipinski definition) is 2. The van der Waals surface area contributed by atoms with Gasteiger partial charge in [0.1, 0.15) is 40.7 Å². The fourth-order valence-corrected chi connectivity index (χ4v) is 10.5. The highest BCUT2D eigenvalue weighted by atomic mass is 35.5. The van der Waals surface area contributed by atoms with Crippen LogP contribution < -0.4 is 15.0 Å². The number of halogens is 1. The molecule has 0 aromatic heterocycles. The molecule has 0 spiro atoms. The van der Waals surface area contributed by atoms with Gasteiger partial charge in [-0.05, 0) is 51.3 Å². The second-order valence-electron chi connectivity index (χ2n) is 17.0. The van der Waals surface area contributed by atoms with Crippen molar-refractivity contribution in [3.05, 3.63) is 46.5 Å². The molecule has 4 aliphatic heterocycles. The SMILES string of the molecule is COc1cc2cc(c1Cl)N(C)C(=O)CC(OC(=O)C(C)N(C)C(=O)CCSSC(C)CCC(=O)ON1C(=O)CCC1=O)[C@]1(C)OC1C(C)C1C[C@@](O)(NC(=O)O1)C(OC)C=CC=C(C)C2. The van der Waals surface area contributed by atoms with E-state index >= 15 is 0 Å². The summed E-state index contributed by atoms with van der Waals surface area (Å²) in [6.07, 6.45) is 1.05. The molecule has 0 aliphatic carbocycles. The van der Waals surface area contributed by atoms with E-state index in [1.165, 1.54) is 59.6 Å². The van der Waals surface area contributed by atoms with Crippen LogP contribution in [0.3, 0.4) is 0 Å². The average Bonchev–Trinajstić information content (AvgIpc) is 3.87. The molecule has 4 heterocycles. The molecular weight excluding hydrogens is 908 g/mol. The molecule has 9 atom stereocenters. The Bertz CT molecular complexity index is 2060. The Labute approximate surface area is 391 Å². The monoisotopic (exact) mass is 966 g/mol. The predicted octanol–water partition coefficient (Wildman–Crippen LogP) is 5.06. The van der Waals surface area contributed by atoms with E-state index in [1.807, 2.05) is 19.9 Å². The highest BCUT2D eigenvalue weighted by Crippen LogP contribution is 2.49. The van der Waals surface area contributed by atoms with Gasteiger partial charge in [-0.25, -0.2) is 14.4 Å². The Balaban J connectivity index is 1.29. The number of anilines is 1. The summed E-state index contributed by atoms with van der Waals surface area (Å²) in [5.41, 5.74) is -1.10. The molecule has 2 N–H and O–H groups in total. The van der Waals surface area contributed by atoms with Gasteiger partial charge in [-0.15, -0.1) is 5.06 Å². The lowest BCUT2D eigenvalue weighted by Gasteiger charge is -2.42. The topological polar surface area (TPSA) is 220 Å². The largest absolute Gasteiger partial charge is 0.495 e. The lowest BCUT2D eigenvalue weighted by atomic mass is 9.83. The van der Waals surface area contributed by atoms with Crippen molar-refractivity contribution in [1.29, 1.82) is 0 Å². The molecule has 0 radical (unpaired) electrons. The number of epoxide rings is 1. The van der Waals surface area contributed by atoms with Crippen LogP contribution in [0.4, 0.5) is 10.5 Å². The van der Waals surface area contributed by atoms with E-state index in [0.717, 1.165) is 11.1 Å². The van der Waals surface area contributed by atoms with E-state index < -0.39 is 83.5 Å². The zero-order valence-electron chi connectivity index (χ0n) is 38.1. The minimum Gasteiger partial charge on any atom is -0.495 e. The van der Waals surface area contributed by atoms with Crippen molar-refractivity contribution in [1.82, 2.24) is 15.3 Å². The number of likely N-dealkylation sites (N-methyl/N-ethyl adjacent to an activating group) is 1. The number of rotatable bonds is 14. The Hall–Kier alpha value is -4.34. The molecule has 1 aromatic carbocycles. The summed E-state index contributed by atoms with van der Waals surface area (Å²) in [5, 5.41) is 15.0. The van der Waals surface area contributed by atoms with Gasteiger partial charge >= 0.3 is 18.0 Å². The van der Waals surface area contributed by atoms with Crippen LogP contribution in [0.2, 0.25) is 5.02 Å². The molecule has 4 aliphatic rings. The first-order chi connectivity index (χ1) is 30.6. The number of carbonyl (C=O) groups excluding carboxylic acids is 7. The van der Waals surface area contributed by atoms with E-state index in [4.69, 9.17) is 40.1 Å². The highest BCUT2D eigenvalue weighted by molar-refractivity contribution is 8.76. The molecule has 1 aromatic rings. The van der Waals surface area contributed by atoms with E-state index in [0.29, 0.717) is 35.1 Å². The number of nitrogens with zero attached hydrogens (tertiary/aromatic N) is 3. The number of hydroxylamine groups is 2. The number of nitrogens with one attached hydrogen (secondary N) is 1. The second kappa shape index (κ2) is 22.0. The van der Waals surface area contributed by atoms with E-state index in [9.17, 15) is 38.7 Å². The van der Waals surface area contributed by atoms with Gasteiger partial charge in [0.25, 0.3) is 11.8 Å². The maximum Gasteiger partial charge on any atom is 0.409 e. The van der Waals surface area contributed by atoms with Crippen molar-refractivity contribution in [2.75, 3.05) is 39.0 Å². The number of benzene rings is 1. The normalized spacial score (nSPS) is 28.0. The summed E-state index contributed by atoms with van der Waals surface area (Å²) in [4.78, 5) is 97.7. The zero-order valence-corrected chi connectivity index (χ0v) is 40.5. The first-order valence-electron chi connectivity index (χ1n) is 21.3. The number of amides is 5. The molecule has 0 saturated carbocycles. The molecule has 5 amide bonds. The fourth-order valence-electron chi connectivity index (χ4n) is 7.86. The van der Waals surface area contributed by atoms with Gasteiger partial charge in [0.05, 0.1) is 25.3 Å². The van der Waals surface area contributed by atoms with Crippen molar-refractivity contribution in [2.24, 2.45) is 5.92 Å². The summed E-state index contributed by atoms with van der Waals surface area (Å²) < 4.78 is 29.3. The van der Waals surface area contributed by atoms with Crippen LogP contribution in [-0.2, 0) is 59.0 Å². The molecule has 65 heavy (non-hydrogen) atoms. The third kappa shape index (κ3) is 12.6. The Kier molecular flexibility index (Phi) is 17.5. The molecule has 4 bridgehead atoms. The number of aliphatic hydroxyl groups is 1. The number of imide groups is 1. The quantitative estimate of drug-likeness (QED) is 0.0818. The van der Waals surface area contributed by atoms with Crippen molar-refractivity contribution >= 4 is 80.5 Å². The van der Waals surface area contributed by atoms with Crippen LogP contribution in [0.15, 0.2) is 35.9 Å². The van der Waals surface area contributed by atoms with Crippen LogP contribution in [0.5, 0.6) is 5.75 Å². The summed E-state index contributed by atoms with van der Waals surface area (Å²) in [7, 11) is 8.79. The average molecular weight is 968 g/mol. The van der Waals surface area contributed by atoms with Gasteiger partial charge in [0.2, 0.25) is 11.8 Å². The van der Waals surface area contributed by atoms with E-state index in [-0.39, 0.29) is 54.7 Å². The number of fused-ring (bicyclic) bond motifs is 5. The first kappa shape index (κ1) is 51.6. The Morgan fingerprint density at radius 3 is 2.45 bits per heavy atom. The van der Waals surface area contributed by atoms with Gasteiger partial charge in [0, 0.05) is 70.2 Å². The second-order valence-corrected chi connectivity index (χ2v) is 20.3. The molecule has 18 nitrogen and oxygen atoms in total. The number of esters is 1. The number of alkyl carbamates (subject to hydrolysis) is 1. The van der Waals surface area contributed by atoms with Crippen LogP contribution in [-0.4, -0.2) is 138 Å². The van der Waals surface area contributed by atoms with Crippen molar-refractivity contribution < 1.29 is 67.2 Å². The minimum absolute atomic E-state index is 0.00554. The van der Waals surface area contributed by atoms with Gasteiger partial charge < -0.3 is 43.4 Å². The molecule has 3 fully saturated rings. The third-order valence-corrected chi connectivity index (χ3v) is 15.5. The summed E-state index contributed by atoms with van der Waals surface area (Å²) in [6.45, 7) is 8.79. The zero-order chi connectivity index (χ0) is 48.0. The summed E-state index contributed by atoms with van der Waals surface area (Å²) in [5.74, 6) is -3.22. The smallest absolute Gasteiger partial charge is 0.409 e. The Morgan fingerprint density at radius 1 is 1.09 bits per heavy atom. The molecule has 3 saturated heterocycles. The predicted molar refractivity (Wildman–Crippen MR) is 241 cm³/mol. The van der Waals surface area contributed by atoms with E-state index in [2.05, 4.69) is 5.32 Å². The van der Waals surface area contributed by atoms with E-state index in [1.54, 1.807) is 45.2 Å². The number of carbonyl (C=O) groups is 7. The van der Waals surface area contributed by atoms with Crippen LogP contribution in [0.25, 0.3) is 0 Å². The molecular formula is C44H59ClN4O14S2. The Morgan fingerprint density at radius 2 is 1.78 bits per heavy atom. The number of allylic oxidation sites excluding steroid dienone is 3. The lowest BCUT2D eigenvalue weighted by Crippen LogP contribution is -2.63.